The molecule has 0 saturated heterocycles. The molecule has 0 amide bonds. The molecular formula is C20H20F4N4OS. The Kier molecular flexibility index (Phi) is 8.01. The standard InChI is InChI=1S/C18H14F4N4OS.C2H6/c19-14-7-11(5-6-13(14)15-8-25-17(23)9-24-15)12-3-1-2-4-16(12)28(27)26-10-18(20,21)22;1-2/h1-9,26H,10H2,(H2,23,25);1-2H3. The van der Waals surface area contributed by atoms with Crippen molar-refractivity contribution in [3.8, 4) is 22.4 Å². The van der Waals surface area contributed by atoms with E-state index in [2.05, 4.69) is 9.97 Å². The smallest absolute Gasteiger partial charge is 0.382 e. The van der Waals surface area contributed by atoms with Crippen LogP contribution in [0.1, 0.15) is 13.8 Å². The van der Waals surface area contributed by atoms with Gasteiger partial charge in [-0.15, -0.1) is 0 Å². The fourth-order valence-corrected chi connectivity index (χ4v) is 3.50. The van der Waals surface area contributed by atoms with Gasteiger partial charge in [0.25, 0.3) is 0 Å². The number of halogens is 4. The molecule has 0 bridgehead atoms. The quantitative estimate of drug-likeness (QED) is 0.562. The largest absolute Gasteiger partial charge is 0.402 e. The molecular weight excluding hydrogens is 420 g/mol. The van der Waals surface area contributed by atoms with E-state index in [0.29, 0.717) is 11.1 Å². The number of alkyl halides is 3. The summed E-state index contributed by atoms with van der Waals surface area (Å²) in [5, 5.41) is 0. The number of hydrogen-bond acceptors (Lipinski definition) is 4. The Balaban J connectivity index is 0.00000155. The van der Waals surface area contributed by atoms with Gasteiger partial charge in [-0.25, -0.2) is 18.3 Å². The molecule has 0 aliphatic rings. The summed E-state index contributed by atoms with van der Waals surface area (Å²) in [5.74, 6) is -0.413. The topological polar surface area (TPSA) is 80.9 Å². The van der Waals surface area contributed by atoms with Crippen molar-refractivity contribution in [3.05, 3.63) is 60.7 Å². The van der Waals surface area contributed by atoms with Crippen molar-refractivity contribution in [2.24, 2.45) is 0 Å². The SMILES string of the molecule is CC.Nc1cnc(-c2ccc(-c3ccccc3S(=O)NCC(F)(F)F)cc2F)cn1. The number of nitrogens with zero attached hydrogens (tertiary/aromatic N) is 2. The molecule has 0 aliphatic carbocycles. The van der Waals surface area contributed by atoms with Crippen LogP contribution in [0.15, 0.2) is 59.8 Å². The number of nitrogen functional groups attached to an aromatic ring is 1. The van der Waals surface area contributed by atoms with Crippen molar-refractivity contribution in [1.29, 1.82) is 0 Å². The molecule has 0 saturated carbocycles. The van der Waals surface area contributed by atoms with E-state index < -0.39 is 29.5 Å². The second-order valence-corrected chi connectivity index (χ2v) is 6.99. The third-order valence-electron chi connectivity index (χ3n) is 3.72. The van der Waals surface area contributed by atoms with Gasteiger partial charge >= 0.3 is 6.18 Å². The van der Waals surface area contributed by atoms with E-state index in [0.717, 1.165) is 0 Å². The minimum atomic E-state index is -4.50. The molecule has 0 radical (unpaired) electrons. The molecule has 1 atom stereocenters. The minimum absolute atomic E-state index is 0.117. The predicted octanol–water partition coefficient (Wildman–Crippen LogP) is 4.73. The highest BCUT2D eigenvalue weighted by Crippen LogP contribution is 2.30. The average molecular weight is 440 g/mol. The van der Waals surface area contributed by atoms with Crippen molar-refractivity contribution >= 4 is 16.8 Å². The van der Waals surface area contributed by atoms with Gasteiger partial charge in [0.05, 0.1) is 23.0 Å². The summed E-state index contributed by atoms with van der Waals surface area (Å²) in [6, 6.07) is 10.4. The molecule has 1 heterocycles. The molecule has 3 rings (SSSR count). The van der Waals surface area contributed by atoms with Crippen LogP contribution in [0.4, 0.5) is 23.4 Å². The maximum Gasteiger partial charge on any atom is 0.402 e. The molecule has 160 valence electrons. The highest BCUT2D eigenvalue weighted by molar-refractivity contribution is 7.83. The first kappa shape index (κ1) is 23.4. The third kappa shape index (κ3) is 6.07. The Labute approximate surface area is 174 Å². The van der Waals surface area contributed by atoms with Crippen LogP contribution in [-0.4, -0.2) is 26.9 Å². The Bertz CT molecular complexity index is 1010. The van der Waals surface area contributed by atoms with Gasteiger partial charge in [0.1, 0.15) is 29.2 Å². The number of anilines is 1. The average Bonchev–Trinajstić information content (AvgIpc) is 2.74. The van der Waals surface area contributed by atoms with Crippen LogP contribution in [-0.2, 0) is 11.0 Å². The first-order valence-electron chi connectivity index (χ1n) is 8.93. The Hall–Kier alpha value is -2.85. The van der Waals surface area contributed by atoms with E-state index in [-0.39, 0.29) is 22.0 Å². The van der Waals surface area contributed by atoms with Gasteiger partial charge in [0.2, 0.25) is 0 Å². The van der Waals surface area contributed by atoms with E-state index in [1.807, 2.05) is 18.6 Å². The molecule has 0 aliphatic heterocycles. The highest BCUT2D eigenvalue weighted by atomic mass is 32.2. The number of benzene rings is 2. The lowest BCUT2D eigenvalue weighted by Crippen LogP contribution is -2.30. The zero-order valence-electron chi connectivity index (χ0n) is 16.2. The number of aromatic nitrogens is 2. The van der Waals surface area contributed by atoms with Crippen molar-refractivity contribution in [2.75, 3.05) is 12.3 Å². The van der Waals surface area contributed by atoms with Crippen LogP contribution in [0.5, 0.6) is 0 Å². The maximum absolute atomic E-state index is 14.6. The fraction of sp³-hybridized carbons (Fsp3) is 0.200. The Morgan fingerprint density at radius 1 is 1.03 bits per heavy atom. The van der Waals surface area contributed by atoms with Crippen molar-refractivity contribution in [2.45, 2.75) is 24.9 Å². The van der Waals surface area contributed by atoms with E-state index in [1.165, 1.54) is 30.6 Å². The summed E-state index contributed by atoms with van der Waals surface area (Å²) in [6.45, 7) is 2.59. The van der Waals surface area contributed by atoms with Crippen molar-refractivity contribution < 1.29 is 21.8 Å². The molecule has 1 unspecified atom stereocenters. The molecule has 0 spiro atoms. The molecule has 30 heavy (non-hydrogen) atoms. The number of nitrogens with one attached hydrogen (secondary N) is 1. The van der Waals surface area contributed by atoms with Crippen LogP contribution in [0.3, 0.4) is 0 Å². The highest BCUT2D eigenvalue weighted by Gasteiger charge is 2.28. The first-order chi connectivity index (χ1) is 14.2. The number of rotatable bonds is 5. The second kappa shape index (κ2) is 10.3. The summed E-state index contributed by atoms with van der Waals surface area (Å²) in [5.41, 5.74) is 6.65. The molecule has 3 aromatic rings. The van der Waals surface area contributed by atoms with Gasteiger partial charge < -0.3 is 5.73 Å². The Morgan fingerprint density at radius 2 is 1.73 bits per heavy atom. The number of hydrogen-bond donors (Lipinski definition) is 2. The summed E-state index contributed by atoms with van der Waals surface area (Å²) in [4.78, 5) is 7.99. The molecule has 2 aromatic carbocycles. The molecule has 1 aromatic heterocycles. The van der Waals surface area contributed by atoms with E-state index in [9.17, 15) is 21.8 Å². The lowest BCUT2D eigenvalue weighted by Gasteiger charge is -2.12. The summed E-state index contributed by atoms with van der Waals surface area (Å²) < 4.78 is 65.9. The normalized spacial score (nSPS) is 12.1. The predicted molar refractivity (Wildman–Crippen MR) is 109 cm³/mol. The van der Waals surface area contributed by atoms with Gasteiger partial charge in [-0.2, -0.15) is 13.2 Å². The van der Waals surface area contributed by atoms with Gasteiger partial charge in [0, 0.05) is 5.56 Å². The van der Waals surface area contributed by atoms with Crippen molar-refractivity contribution in [1.82, 2.24) is 14.7 Å². The summed E-state index contributed by atoms with van der Waals surface area (Å²) >= 11 is 0. The zero-order chi connectivity index (χ0) is 22.3. The van der Waals surface area contributed by atoms with Crippen LogP contribution >= 0.6 is 0 Å². The van der Waals surface area contributed by atoms with E-state index in [1.54, 1.807) is 24.3 Å². The van der Waals surface area contributed by atoms with E-state index >= 15 is 0 Å². The lowest BCUT2D eigenvalue weighted by molar-refractivity contribution is -0.121. The van der Waals surface area contributed by atoms with Gasteiger partial charge in [-0.05, 0) is 29.3 Å². The molecule has 0 fully saturated rings. The van der Waals surface area contributed by atoms with Gasteiger partial charge in [-0.1, -0.05) is 38.1 Å². The Morgan fingerprint density at radius 3 is 2.33 bits per heavy atom. The van der Waals surface area contributed by atoms with Crippen LogP contribution in [0.2, 0.25) is 0 Å². The maximum atomic E-state index is 14.6. The second-order valence-electron chi connectivity index (χ2n) is 5.72. The fourth-order valence-electron chi connectivity index (χ4n) is 2.46. The van der Waals surface area contributed by atoms with E-state index in [4.69, 9.17) is 5.73 Å². The zero-order valence-corrected chi connectivity index (χ0v) is 17.0. The minimum Gasteiger partial charge on any atom is -0.382 e. The first-order valence-corrected chi connectivity index (χ1v) is 10.1. The molecule has 3 N–H and O–H groups in total. The third-order valence-corrected chi connectivity index (χ3v) is 4.88. The van der Waals surface area contributed by atoms with Gasteiger partial charge in [-0.3, -0.25) is 4.98 Å². The molecule has 5 nitrogen and oxygen atoms in total. The molecule has 10 heteroatoms. The van der Waals surface area contributed by atoms with Crippen LogP contribution in [0.25, 0.3) is 22.4 Å². The van der Waals surface area contributed by atoms with Crippen LogP contribution in [0, 0.1) is 5.82 Å². The summed E-state index contributed by atoms with van der Waals surface area (Å²) in [7, 11) is -2.12. The lowest BCUT2D eigenvalue weighted by atomic mass is 10.0. The number of nitrogens with two attached hydrogens (primary N) is 1. The van der Waals surface area contributed by atoms with Gasteiger partial charge in [0.15, 0.2) is 0 Å². The monoisotopic (exact) mass is 440 g/mol. The summed E-state index contributed by atoms with van der Waals surface area (Å²) in [6.07, 6.45) is -1.87. The van der Waals surface area contributed by atoms with Crippen molar-refractivity contribution in [3.63, 3.8) is 0 Å². The van der Waals surface area contributed by atoms with Crippen LogP contribution < -0.4 is 10.5 Å².